The number of hydrogen-bond acceptors (Lipinski definition) is 12. The number of carbonyl (C=O) groups excluding carboxylic acids is 5. The van der Waals surface area contributed by atoms with Crippen LogP contribution in [0.15, 0.2) is 83.4 Å². The smallest absolute Gasteiger partial charge is 0.315 e. The molecule has 0 aliphatic carbocycles. The summed E-state index contributed by atoms with van der Waals surface area (Å²) >= 11 is 0. The second-order valence-electron chi connectivity index (χ2n) is 20.1. The number of aryl methyl sites for hydroxylation is 1. The van der Waals surface area contributed by atoms with E-state index in [1.807, 2.05) is 52.0 Å². The Morgan fingerprint density at radius 3 is 2.29 bits per heavy atom. The Hall–Kier alpha value is -7.20. The highest BCUT2D eigenvalue weighted by atomic mass is 16.5. The average molecular weight is 915 g/mol. The van der Waals surface area contributed by atoms with Gasteiger partial charge in [-0.25, -0.2) is 0 Å². The minimum Gasteiger partial charge on any atom is -0.372 e. The number of anilines is 2. The summed E-state index contributed by atoms with van der Waals surface area (Å²) < 4.78 is 5.21. The monoisotopic (exact) mass is 914 g/mol. The van der Waals surface area contributed by atoms with Crippen molar-refractivity contribution in [3.8, 4) is 22.4 Å². The number of hydrogen-bond donors (Lipinski definition) is 3. The summed E-state index contributed by atoms with van der Waals surface area (Å²) in [5, 5.41) is 18.1. The van der Waals surface area contributed by atoms with Crippen LogP contribution < -0.4 is 20.4 Å². The maximum atomic E-state index is 13.5. The quantitative estimate of drug-likeness (QED) is 0.129. The molecule has 0 spiro atoms. The van der Waals surface area contributed by atoms with Gasteiger partial charge in [0.15, 0.2) is 5.82 Å². The predicted octanol–water partition coefficient (Wildman–Crippen LogP) is 6.40. The van der Waals surface area contributed by atoms with Crippen molar-refractivity contribution in [2.45, 2.75) is 89.9 Å². The number of rotatable bonds is 10. The Balaban J connectivity index is 0.676. The highest BCUT2D eigenvalue weighted by Crippen LogP contribution is 2.39. The van der Waals surface area contributed by atoms with Crippen LogP contribution in [0.2, 0.25) is 0 Å². The number of piperidine rings is 2. The summed E-state index contributed by atoms with van der Waals surface area (Å²) in [6, 6.07) is 26.8. The molecule has 16 heteroatoms. The molecule has 0 radical (unpaired) electrons. The summed E-state index contributed by atoms with van der Waals surface area (Å²) in [7, 11) is 0. The lowest BCUT2D eigenvalue weighted by Gasteiger charge is -2.40. The molecule has 5 aliphatic heterocycles. The Bertz CT molecular complexity index is 3020. The summed E-state index contributed by atoms with van der Waals surface area (Å²) in [5.74, 6) is -1.26. The second kappa shape index (κ2) is 16.8. The highest BCUT2D eigenvalue weighted by molar-refractivity contribution is 6.23. The zero-order chi connectivity index (χ0) is 47.0. The Labute approximate surface area is 393 Å². The first-order valence-electron chi connectivity index (χ1n) is 23.7. The molecule has 2 aromatic heterocycles. The molecule has 4 fully saturated rings. The van der Waals surface area contributed by atoms with Crippen molar-refractivity contribution in [3.63, 3.8) is 0 Å². The van der Waals surface area contributed by atoms with Gasteiger partial charge in [0.2, 0.25) is 11.8 Å². The molecule has 16 nitrogen and oxygen atoms in total. The van der Waals surface area contributed by atoms with Crippen LogP contribution in [-0.4, -0.2) is 111 Å². The first-order chi connectivity index (χ1) is 32.7. The van der Waals surface area contributed by atoms with E-state index in [1.54, 1.807) is 6.07 Å². The van der Waals surface area contributed by atoms with Gasteiger partial charge in [-0.15, -0.1) is 0 Å². The third-order valence-electron chi connectivity index (χ3n) is 14.7. The molecule has 5 amide bonds. The third-order valence-corrected chi connectivity index (χ3v) is 14.7. The van der Waals surface area contributed by atoms with E-state index in [9.17, 15) is 24.0 Å². The number of aromatic nitrogens is 4. The van der Waals surface area contributed by atoms with Gasteiger partial charge in [0, 0.05) is 85.5 Å². The molecule has 1 unspecified atom stereocenters. The summed E-state index contributed by atoms with van der Waals surface area (Å²) in [6.45, 7) is 13.2. The number of nitrogens with one attached hydrogen (secondary N) is 3. The number of amides is 5. The molecule has 3 N–H and O–H groups in total. The predicted molar refractivity (Wildman–Crippen MR) is 255 cm³/mol. The maximum Gasteiger partial charge on any atom is 0.315 e. The van der Waals surface area contributed by atoms with Crippen LogP contribution in [0.1, 0.15) is 101 Å². The lowest BCUT2D eigenvalue weighted by atomic mass is 9.95. The van der Waals surface area contributed by atoms with Gasteiger partial charge in [-0.3, -0.25) is 44.2 Å². The molecule has 348 valence electrons. The Morgan fingerprint density at radius 1 is 0.824 bits per heavy atom. The molecule has 2 bridgehead atoms. The van der Waals surface area contributed by atoms with Crippen LogP contribution in [-0.2, 0) is 21.5 Å². The first kappa shape index (κ1) is 43.4. The lowest BCUT2D eigenvalue weighted by molar-refractivity contribution is -0.136. The van der Waals surface area contributed by atoms with Crippen LogP contribution in [0.3, 0.4) is 0 Å². The largest absolute Gasteiger partial charge is 0.372 e. The number of imide groups is 2. The van der Waals surface area contributed by atoms with Gasteiger partial charge in [0.05, 0.1) is 22.3 Å². The second-order valence-corrected chi connectivity index (χ2v) is 20.1. The van der Waals surface area contributed by atoms with Gasteiger partial charge < -0.3 is 19.6 Å². The molecular weight excluding hydrogens is 861 g/mol. The van der Waals surface area contributed by atoms with Crippen molar-refractivity contribution in [2.75, 3.05) is 42.5 Å². The van der Waals surface area contributed by atoms with E-state index >= 15 is 0 Å². The number of nitrogens with zero attached hydrogens (tertiary/aromatic N) is 7. The number of fused-ring (bicyclic) bond motifs is 4. The lowest BCUT2D eigenvalue weighted by Crippen LogP contribution is -2.54. The van der Waals surface area contributed by atoms with Crippen molar-refractivity contribution in [1.82, 2.24) is 40.8 Å². The molecular formula is C52H54N10O6. The van der Waals surface area contributed by atoms with Crippen molar-refractivity contribution >= 4 is 51.8 Å². The maximum absolute atomic E-state index is 13.5. The van der Waals surface area contributed by atoms with E-state index in [0.717, 1.165) is 107 Å². The fourth-order valence-corrected chi connectivity index (χ4v) is 10.8. The SMILES string of the molecule is Cc1cc(-c2n[nH]c3ccc(-c4ccc(N5CCC(CN6C[C@@H]7C[C@H]6CN7c6ccc7c(c6)C(=O)N(C6CCC(=O)NC6=O)C7=O)CC5)cc4)cc23)ccc1CNC(=O)c1nc(C(C)(C)C)no1. The van der Waals surface area contributed by atoms with Gasteiger partial charge in [0.1, 0.15) is 6.04 Å². The Kier molecular flexibility index (Phi) is 10.7. The molecule has 11 rings (SSSR count). The molecule has 3 atom stereocenters. The molecule has 4 saturated heterocycles. The summed E-state index contributed by atoms with van der Waals surface area (Å²) in [6.07, 6.45) is 3.59. The highest BCUT2D eigenvalue weighted by Gasteiger charge is 2.47. The fourth-order valence-electron chi connectivity index (χ4n) is 10.8. The molecule has 68 heavy (non-hydrogen) atoms. The van der Waals surface area contributed by atoms with Crippen molar-refractivity contribution in [1.29, 1.82) is 0 Å². The number of carbonyl (C=O) groups is 5. The van der Waals surface area contributed by atoms with E-state index < -0.39 is 29.7 Å². The zero-order valence-electron chi connectivity index (χ0n) is 38.7. The van der Waals surface area contributed by atoms with Crippen LogP contribution in [0.4, 0.5) is 11.4 Å². The number of piperazine rings is 1. The van der Waals surface area contributed by atoms with Crippen molar-refractivity contribution in [2.24, 2.45) is 5.92 Å². The van der Waals surface area contributed by atoms with Crippen LogP contribution in [0.5, 0.6) is 0 Å². The van der Waals surface area contributed by atoms with E-state index in [-0.39, 0.29) is 30.1 Å². The van der Waals surface area contributed by atoms with E-state index in [1.165, 1.54) is 5.69 Å². The molecule has 0 saturated carbocycles. The van der Waals surface area contributed by atoms with E-state index in [2.05, 4.69) is 89.1 Å². The number of aromatic amines is 1. The van der Waals surface area contributed by atoms with Gasteiger partial charge in [-0.05, 0) is 109 Å². The number of likely N-dealkylation sites (tertiary alicyclic amines) is 1. The van der Waals surface area contributed by atoms with Gasteiger partial charge in [-0.1, -0.05) is 56.3 Å². The molecule has 5 aliphatic rings. The van der Waals surface area contributed by atoms with Crippen molar-refractivity contribution in [3.05, 3.63) is 113 Å². The minimum absolute atomic E-state index is 0.0448. The fraction of sp³-hybridized carbons (Fsp3) is 0.385. The van der Waals surface area contributed by atoms with E-state index in [4.69, 9.17) is 9.62 Å². The van der Waals surface area contributed by atoms with Gasteiger partial charge in [0.25, 0.3) is 11.8 Å². The van der Waals surface area contributed by atoms with E-state index in [0.29, 0.717) is 41.5 Å². The Morgan fingerprint density at radius 2 is 1.57 bits per heavy atom. The van der Waals surface area contributed by atoms with Crippen LogP contribution >= 0.6 is 0 Å². The molecule has 4 aromatic carbocycles. The van der Waals surface area contributed by atoms with Gasteiger partial charge >= 0.3 is 11.8 Å². The number of H-pyrrole nitrogens is 1. The average Bonchev–Trinajstić information content (AvgIpc) is 4.19. The zero-order valence-corrected chi connectivity index (χ0v) is 38.7. The third kappa shape index (κ3) is 7.89. The topological polar surface area (TPSA) is 190 Å². The molecule has 6 aromatic rings. The van der Waals surface area contributed by atoms with Crippen LogP contribution in [0.25, 0.3) is 33.3 Å². The normalized spacial score (nSPS) is 21.1. The van der Waals surface area contributed by atoms with Crippen molar-refractivity contribution < 1.29 is 28.5 Å². The standard InChI is InChI=1S/C52H54N10O6/c1-29-21-33(5-6-34(29)25-53-47(65)48-55-51(58-68-48)52(2,3)4)45-41-22-32(9-14-42(41)56-57-45)31-7-10-35(11-8-31)59-19-17-30(18-20-59)26-60-27-38-23-37(60)28-61(38)36-12-13-39-40(24-36)50(67)62(49(39)66)43-15-16-44(63)54-46(43)64/h5-14,21-22,24,30,37-38,43H,15-20,23,25-28H2,1-4H3,(H,53,65)(H,56,57)(H,54,63,64)/t37-,38-,43?/m0/s1. The van der Waals surface area contributed by atoms with Gasteiger partial charge in [-0.2, -0.15) is 10.1 Å². The first-order valence-corrected chi connectivity index (χ1v) is 23.7. The number of benzene rings is 4. The summed E-state index contributed by atoms with van der Waals surface area (Å²) in [5.41, 5.74) is 9.59. The van der Waals surface area contributed by atoms with Crippen LogP contribution in [0, 0.1) is 12.8 Å². The molecule has 7 heterocycles. The summed E-state index contributed by atoms with van der Waals surface area (Å²) in [4.78, 5) is 76.6. The minimum atomic E-state index is -0.968.